The molecule has 3 heterocycles. The lowest BCUT2D eigenvalue weighted by Crippen LogP contribution is -2.42. The van der Waals surface area contributed by atoms with Crippen LogP contribution in [0.25, 0.3) is 0 Å². The molecular weight excluding hydrogens is 328 g/mol. The fraction of sp³-hybridized carbons (Fsp3) is 0.176. The van der Waals surface area contributed by atoms with Gasteiger partial charge in [0.05, 0.1) is 12.8 Å². The first-order chi connectivity index (χ1) is 11.5. The summed E-state index contributed by atoms with van der Waals surface area (Å²) in [6.07, 6.45) is 3.03. The van der Waals surface area contributed by atoms with Gasteiger partial charge in [0.1, 0.15) is 11.3 Å². The lowest BCUT2D eigenvalue weighted by molar-refractivity contribution is 0.0553. The summed E-state index contributed by atoms with van der Waals surface area (Å²) in [5, 5.41) is 15.5. The van der Waals surface area contributed by atoms with Crippen molar-refractivity contribution in [1.29, 1.82) is 0 Å². The van der Waals surface area contributed by atoms with Crippen molar-refractivity contribution in [3.8, 4) is 0 Å². The molecule has 2 N–H and O–H groups in total. The van der Waals surface area contributed by atoms with E-state index in [1.54, 1.807) is 37.5 Å². The monoisotopic (exact) mass is 344 g/mol. The fourth-order valence-electron chi connectivity index (χ4n) is 2.40. The molecule has 24 heavy (non-hydrogen) atoms. The van der Waals surface area contributed by atoms with E-state index >= 15 is 0 Å². The first-order valence-electron chi connectivity index (χ1n) is 7.26. The van der Waals surface area contributed by atoms with Gasteiger partial charge in [-0.15, -0.1) is 11.3 Å². The molecule has 0 aliphatic rings. The molecule has 1 amide bonds. The van der Waals surface area contributed by atoms with E-state index in [1.807, 2.05) is 11.4 Å². The highest BCUT2D eigenvalue weighted by atomic mass is 32.1. The van der Waals surface area contributed by atoms with Crippen LogP contribution in [0.1, 0.15) is 21.0 Å². The van der Waals surface area contributed by atoms with E-state index in [4.69, 9.17) is 4.42 Å². The Balaban J connectivity index is 1.86. The molecule has 3 aromatic heterocycles. The molecule has 0 unspecified atom stereocenters. The molecule has 0 fully saturated rings. The van der Waals surface area contributed by atoms with E-state index in [-0.39, 0.29) is 12.1 Å². The molecule has 0 saturated heterocycles. The molecular formula is C17H16N2O4S. The van der Waals surface area contributed by atoms with E-state index in [2.05, 4.69) is 5.32 Å². The fourth-order valence-corrected chi connectivity index (χ4v) is 3.23. The average Bonchev–Trinajstić information content (AvgIpc) is 3.28. The number of amides is 1. The van der Waals surface area contributed by atoms with Crippen molar-refractivity contribution in [3.05, 3.63) is 80.8 Å². The largest absolute Gasteiger partial charge is 0.466 e. The second-order valence-corrected chi connectivity index (χ2v) is 6.28. The van der Waals surface area contributed by atoms with Gasteiger partial charge >= 0.3 is 0 Å². The van der Waals surface area contributed by atoms with Crippen LogP contribution in [0.3, 0.4) is 0 Å². The third-order valence-corrected chi connectivity index (χ3v) is 4.75. The molecule has 0 saturated carbocycles. The highest BCUT2D eigenvalue weighted by molar-refractivity contribution is 7.10. The Labute approximate surface area is 142 Å². The number of thiophene rings is 1. The van der Waals surface area contributed by atoms with Crippen molar-refractivity contribution in [2.45, 2.75) is 5.60 Å². The highest BCUT2D eigenvalue weighted by Crippen LogP contribution is 2.32. The summed E-state index contributed by atoms with van der Waals surface area (Å²) in [5.74, 6) is -0.219. The predicted octanol–water partition coefficient (Wildman–Crippen LogP) is 1.71. The van der Waals surface area contributed by atoms with Crippen molar-refractivity contribution in [1.82, 2.24) is 9.88 Å². The summed E-state index contributed by atoms with van der Waals surface area (Å²) < 4.78 is 6.67. The van der Waals surface area contributed by atoms with E-state index < -0.39 is 17.1 Å². The smallest absolute Gasteiger partial charge is 0.263 e. The van der Waals surface area contributed by atoms with Crippen LogP contribution in [-0.4, -0.2) is 22.1 Å². The average molecular weight is 344 g/mol. The Kier molecular flexibility index (Phi) is 4.37. The predicted molar refractivity (Wildman–Crippen MR) is 90.0 cm³/mol. The Morgan fingerprint density at radius 3 is 2.83 bits per heavy atom. The Hall–Kier alpha value is -2.64. The van der Waals surface area contributed by atoms with Gasteiger partial charge in [0.15, 0.2) is 5.60 Å². The Bertz CT molecular complexity index is 847. The maximum absolute atomic E-state index is 12.3. The molecule has 7 heteroatoms. The van der Waals surface area contributed by atoms with E-state index in [0.717, 1.165) is 0 Å². The minimum absolute atomic E-state index is 0.0213. The summed E-state index contributed by atoms with van der Waals surface area (Å²) in [6, 6.07) is 9.96. The SMILES string of the molecule is Cn1cccc(C(=O)NC[C@](O)(c2ccco2)c2cccs2)c1=O. The number of carbonyl (C=O) groups is 1. The molecule has 0 aromatic carbocycles. The molecule has 0 aliphatic heterocycles. The normalized spacial score (nSPS) is 13.4. The number of nitrogens with zero attached hydrogens (tertiary/aromatic N) is 1. The number of pyridine rings is 1. The second kappa shape index (κ2) is 6.46. The molecule has 0 radical (unpaired) electrons. The minimum atomic E-state index is -1.49. The first kappa shape index (κ1) is 16.2. The maximum Gasteiger partial charge on any atom is 0.263 e. The summed E-state index contributed by atoms with van der Waals surface area (Å²) in [5.41, 5.74) is -1.87. The molecule has 0 bridgehead atoms. The van der Waals surface area contributed by atoms with Crippen LogP contribution in [0, 0.1) is 0 Å². The quantitative estimate of drug-likeness (QED) is 0.738. The van der Waals surface area contributed by atoms with E-state index in [0.29, 0.717) is 10.6 Å². The summed E-state index contributed by atoms with van der Waals surface area (Å²) >= 11 is 1.35. The third-order valence-electron chi connectivity index (χ3n) is 3.73. The number of aromatic nitrogens is 1. The van der Waals surface area contributed by atoms with Crippen LogP contribution in [0.15, 0.2) is 63.4 Å². The lowest BCUT2D eigenvalue weighted by Gasteiger charge is -2.25. The van der Waals surface area contributed by atoms with Crippen LogP contribution in [-0.2, 0) is 12.6 Å². The van der Waals surface area contributed by atoms with Crippen LogP contribution in [0.4, 0.5) is 0 Å². The van der Waals surface area contributed by atoms with Crippen molar-refractivity contribution in [2.24, 2.45) is 7.05 Å². The third kappa shape index (κ3) is 2.91. The minimum Gasteiger partial charge on any atom is -0.466 e. The molecule has 0 aliphatic carbocycles. The zero-order valence-electron chi connectivity index (χ0n) is 12.9. The summed E-state index contributed by atoms with van der Waals surface area (Å²) in [6.45, 7) is -0.113. The van der Waals surface area contributed by atoms with Crippen LogP contribution in [0.5, 0.6) is 0 Å². The number of nitrogens with one attached hydrogen (secondary N) is 1. The van der Waals surface area contributed by atoms with Gasteiger partial charge in [-0.1, -0.05) is 6.07 Å². The van der Waals surface area contributed by atoms with E-state index in [1.165, 1.54) is 28.2 Å². The highest BCUT2D eigenvalue weighted by Gasteiger charge is 2.36. The number of furan rings is 1. The van der Waals surface area contributed by atoms with Crippen molar-refractivity contribution in [3.63, 3.8) is 0 Å². The molecule has 0 spiro atoms. The van der Waals surface area contributed by atoms with Gasteiger partial charge in [-0.05, 0) is 35.7 Å². The second-order valence-electron chi connectivity index (χ2n) is 5.34. The number of aryl methyl sites for hydroxylation is 1. The van der Waals surface area contributed by atoms with Gasteiger partial charge in [0.25, 0.3) is 11.5 Å². The topological polar surface area (TPSA) is 84.5 Å². The standard InChI is InChI=1S/C17H16N2O4S/c1-19-8-2-5-12(16(19)21)15(20)18-11-17(22,13-6-3-9-23-13)14-7-4-10-24-14/h2-10,22H,11H2,1H3,(H,18,20)/t17-/m0/s1. The van der Waals surface area contributed by atoms with Gasteiger partial charge in [-0.2, -0.15) is 0 Å². The van der Waals surface area contributed by atoms with Crippen LogP contribution < -0.4 is 10.9 Å². The van der Waals surface area contributed by atoms with E-state index in [9.17, 15) is 14.7 Å². The first-order valence-corrected chi connectivity index (χ1v) is 8.14. The zero-order chi connectivity index (χ0) is 17.2. The van der Waals surface area contributed by atoms with Crippen LogP contribution in [0.2, 0.25) is 0 Å². The van der Waals surface area contributed by atoms with Gasteiger partial charge in [0.2, 0.25) is 0 Å². The number of aliphatic hydroxyl groups is 1. The summed E-state index contributed by atoms with van der Waals surface area (Å²) in [4.78, 5) is 25.0. The van der Waals surface area contributed by atoms with Crippen molar-refractivity contribution < 1.29 is 14.3 Å². The van der Waals surface area contributed by atoms with Gasteiger partial charge in [-0.25, -0.2) is 0 Å². The zero-order valence-corrected chi connectivity index (χ0v) is 13.7. The number of hydrogen-bond donors (Lipinski definition) is 2. The summed E-state index contributed by atoms with van der Waals surface area (Å²) in [7, 11) is 1.57. The Morgan fingerprint density at radius 1 is 1.33 bits per heavy atom. The van der Waals surface area contributed by atoms with Crippen molar-refractivity contribution >= 4 is 17.2 Å². The van der Waals surface area contributed by atoms with Gasteiger partial charge < -0.3 is 19.4 Å². The van der Waals surface area contributed by atoms with Gasteiger partial charge in [-0.3, -0.25) is 9.59 Å². The molecule has 3 aromatic rings. The maximum atomic E-state index is 12.3. The number of carbonyl (C=O) groups excluding carboxylic acids is 1. The lowest BCUT2D eigenvalue weighted by atomic mass is 9.98. The number of rotatable bonds is 5. The van der Waals surface area contributed by atoms with Gasteiger partial charge in [0, 0.05) is 18.1 Å². The molecule has 1 atom stereocenters. The van der Waals surface area contributed by atoms with Crippen LogP contribution >= 0.6 is 11.3 Å². The van der Waals surface area contributed by atoms with Crippen molar-refractivity contribution in [2.75, 3.05) is 6.54 Å². The Morgan fingerprint density at radius 2 is 2.17 bits per heavy atom. The molecule has 124 valence electrons. The number of hydrogen-bond acceptors (Lipinski definition) is 5. The molecule has 3 rings (SSSR count). The molecule has 6 nitrogen and oxygen atoms in total.